The van der Waals surface area contributed by atoms with Gasteiger partial charge in [0.1, 0.15) is 0 Å². The Morgan fingerprint density at radius 1 is 1.39 bits per heavy atom. The van der Waals surface area contributed by atoms with Gasteiger partial charge in [-0.15, -0.1) is 0 Å². The first-order valence-electron chi connectivity index (χ1n) is 7.22. The summed E-state index contributed by atoms with van der Waals surface area (Å²) in [4.78, 5) is 0. The van der Waals surface area contributed by atoms with Crippen LogP contribution < -0.4 is 5.32 Å². The Hall–Kier alpha value is -0.340. The maximum atomic E-state index is 3.75. The number of benzene rings is 1. The summed E-state index contributed by atoms with van der Waals surface area (Å²) in [6.07, 6.45) is 6.41. The molecular weight excluding hydrogens is 286 g/mol. The van der Waals surface area contributed by atoms with Crippen LogP contribution in [0.25, 0.3) is 0 Å². The lowest BCUT2D eigenvalue weighted by Gasteiger charge is -2.27. The summed E-state index contributed by atoms with van der Waals surface area (Å²) in [6.45, 7) is 3.41. The lowest BCUT2D eigenvalue weighted by molar-refractivity contribution is 0.436. The molecule has 0 saturated carbocycles. The second-order valence-corrected chi connectivity index (χ2v) is 6.07. The third kappa shape index (κ3) is 3.58. The van der Waals surface area contributed by atoms with Gasteiger partial charge in [-0.05, 0) is 49.1 Å². The zero-order chi connectivity index (χ0) is 12.8. The van der Waals surface area contributed by atoms with E-state index in [0.29, 0.717) is 6.04 Å². The molecule has 0 bridgehead atoms. The zero-order valence-corrected chi connectivity index (χ0v) is 12.9. The predicted octanol–water partition coefficient (Wildman–Crippen LogP) is 4.26. The molecular formula is C16H24BrN. The first-order chi connectivity index (χ1) is 8.85. The molecule has 2 atom stereocenters. The third-order valence-electron chi connectivity index (χ3n) is 4.10. The summed E-state index contributed by atoms with van der Waals surface area (Å²) >= 11 is 3.54. The normalized spacial score (nSPS) is 20.4. The Kier molecular flexibility index (Phi) is 5.71. The van der Waals surface area contributed by atoms with Crippen molar-refractivity contribution in [3.05, 3.63) is 35.4 Å². The molecule has 18 heavy (non-hydrogen) atoms. The Labute approximate surface area is 119 Å². The van der Waals surface area contributed by atoms with Crippen LogP contribution in [0.3, 0.4) is 0 Å². The number of halogens is 1. The second-order valence-electron chi connectivity index (χ2n) is 5.28. The number of hydrogen-bond donors (Lipinski definition) is 1. The fourth-order valence-corrected chi connectivity index (χ4v) is 3.51. The molecule has 0 heterocycles. The van der Waals surface area contributed by atoms with Gasteiger partial charge < -0.3 is 5.32 Å². The lowest BCUT2D eigenvalue weighted by Crippen LogP contribution is -2.33. The van der Waals surface area contributed by atoms with Crippen molar-refractivity contribution < 1.29 is 0 Å². The van der Waals surface area contributed by atoms with Crippen LogP contribution in [0.5, 0.6) is 0 Å². The first-order valence-corrected chi connectivity index (χ1v) is 8.34. The zero-order valence-electron chi connectivity index (χ0n) is 11.3. The SMILES string of the molecule is CCC(CCBr)NCC1CCCc2ccccc21. The van der Waals surface area contributed by atoms with Crippen LogP contribution in [0.15, 0.2) is 24.3 Å². The van der Waals surface area contributed by atoms with Crippen molar-refractivity contribution in [2.75, 3.05) is 11.9 Å². The molecule has 0 fully saturated rings. The molecule has 100 valence electrons. The lowest BCUT2D eigenvalue weighted by atomic mass is 9.82. The van der Waals surface area contributed by atoms with Crippen LogP contribution in [0.2, 0.25) is 0 Å². The van der Waals surface area contributed by atoms with E-state index >= 15 is 0 Å². The van der Waals surface area contributed by atoms with Crippen molar-refractivity contribution in [3.8, 4) is 0 Å². The number of nitrogens with one attached hydrogen (secondary N) is 1. The van der Waals surface area contributed by atoms with Crippen LogP contribution >= 0.6 is 15.9 Å². The van der Waals surface area contributed by atoms with Gasteiger partial charge in [0.15, 0.2) is 0 Å². The molecule has 1 nitrogen and oxygen atoms in total. The van der Waals surface area contributed by atoms with Gasteiger partial charge >= 0.3 is 0 Å². The molecule has 0 aliphatic heterocycles. The summed E-state index contributed by atoms with van der Waals surface area (Å²) < 4.78 is 0. The molecule has 2 rings (SSSR count). The number of aryl methyl sites for hydroxylation is 1. The Morgan fingerprint density at radius 2 is 2.22 bits per heavy atom. The molecule has 0 amide bonds. The molecule has 1 aromatic rings. The summed E-state index contributed by atoms with van der Waals surface area (Å²) in [5.41, 5.74) is 3.16. The molecule has 2 heteroatoms. The number of hydrogen-bond acceptors (Lipinski definition) is 1. The molecule has 1 N–H and O–H groups in total. The van der Waals surface area contributed by atoms with Gasteiger partial charge in [0.25, 0.3) is 0 Å². The van der Waals surface area contributed by atoms with Crippen LogP contribution in [-0.4, -0.2) is 17.9 Å². The standard InChI is InChI=1S/C16H24BrN/c1-2-15(10-11-17)18-12-14-8-5-7-13-6-3-4-9-16(13)14/h3-4,6,9,14-15,18H,2,5,7-8,10-12H2,1H3. The highest BCUT2D eigenvalue weighted by Gasteiger charge is 2.20. The predicted molar refractivity (Wildman–Crippen MR) is 82.6 cm³/mol. The minimum Gasteiger partial charge on any atom is -0.313 e. The molecule has 1 aliphatic carbocycles. The minimum absolute atomic E-state index is 0.665. The maximum absolute atomic E-state index is 3.75. The van der Waals surface area contributed by atoms with Crippen molar-refractivity contribution in [1.82, 2.24) is 5.32 Å². The smallest absolute Gasteiger partial charge is 0.00726 e. The third-order valence-corrected chi connectivity index (χ3v) is 4.55. The number of alkyl halides is 1. The Balaban J connectivity index is 1.94. The quantitative estimate of drug-likeness (QED) is 0.774. The average molecular weight is 310 g/mol. The summed E-state index contributed by atoms with van der Waals surface area (Å²) in [7, 11) is 0. The van der Waals surface area contributed by atoms with E-state index in [1.807, 2.05) is 0 Å². The van der Waals surface area contributed by atoms with E-state index in [2.05, 4.69) is 52.4 Å². The van der Waals surface area contributed by atoms with E-state index in [1.165, 1.54) is 32.1 Å². The van der Waals surface area contributed by atoms with Crippen LogP contribution in [-0.2, 0) is 6.42 Å². The Bertz CT molecular complexity index is 364. The molecule has 0 saturated heterocycles. The monoisotopic (exact) mass is 309 g/mol. The molecule has 2 unspecified atom stereocenters. The van der Waals surface area contributed by atoms with Gasteiger partial charge in [0, 0.05) is 17.9 Å². The van der Waals surface area contributed by atoms with E-state index in [0.717, 1.165) is 17.8 Å². The fourth-order valence-electron chi connectivity index (χ4n) is 2.96. The van der Waals surface area contributed by atoms with Crippen molar-refractivity contribution in [1.29, 1.82) is 0 Å². The molecule has 1 aromatic carbocycles. The average Bonchev–Trinajstić information content (AvgIpc) is 2.43. The van der Waals surface area contributed by atoms with Gasteiger partial charge in [0.2, 0.25) is 0 Å². The highest BCUT2D eigenvalue weighted by Crippen LogP contribution is 2.30. The van der Waals surface area contributed by atoms with Gasteiger partial charge in [-0.3, -0.25) is 0 Å². The van der Waals surface area contributed by atoms with E-state index < -0.39 is 0 Å². The Morgan fingerprint density at radius 3 is 3.00 bits per heavy atom. The van der Waals surface area contributed by atoms with E-state index in [4.69, 9.17) is 0 Å². The van der Waals surface area contributed by atoms with Crippen LogP contribution in [0.4, 0.5) is 0 Å². The molecule has 0 radical (unpaired) electrons. The van der Waals surface area contributed by atoms with E-state index in [9.17, 15) is 0 Å². The fraction of sp³-hybridized carbons (Fsp3) is 0.625. The van der Waals surface area contributed by atoms with Crippen molar-refractivity contribution in [2.24, 2.45) is 0 Å². The maximum Gasteiger partial charge on any atom is 0.00726 e. The van der Waals surface area contributed by atoms with Crippen molar-refractivity contribution in [3.63, 3.8) is 0 Å². The van der Waals surface area contributed by atoms with E-state index in [1.54, 1.807) is 11.1 Å². The first kappa shape index (κ1) is 14.1. The summed E-state index contributed by atoms with van der Waals surface area (Å²) in [6, 6.07) is 9.66. The van der Waals surface area contributed by atoms with Crippen LogP contribution in [0, 0.1) is 0 Å². The largest absolute Gasteiger partial charge is 0.313 e. The molecule has 1 aliphatic rings. The molecule has 0 spiro atoms. The minimum atomic E-state index is 0.665. The number of rotatable bonds is 6. The van der Waals surface area contributed by atoms with Crippen molar-refractivity contribution in [2.45, 2.75) is 51.0 Å². The van der Waals surface area contributed by atoms with Gasteiger partial charge in [-0.2, -0.15) is 0 Å². The summed E-state index contributed by atoms with van der Waals surface area (Å²) in [5, 5.41) is 4.85. The highest BCUT2D eigenvalue weighted by molar-refractivity contribution is 9.09. The van der Waals surface area contributed by atoms with Crippen molar-refractivity contribution >= 4 is 15.9 Å². The van der Waals surface area contributed by atoms with Gasteiger partial charge in [0.05, 0.1) is 0 Å². The van der Waals surface area contributed by atoms with Gasteiger partial charge in [-0.1, -0.05) is 47.1 Å². The second kappa shape index (κ2) is 7.30. The summed E-state index contributed by atoms with van der Waals surface area (Å²) in [5.74, 6) is 0.722. The highest BCUT2D eigenvalue weighted by atomic mass is 79.9. The van der Waals surface area contributed by atoms with Crippen LogP contribution in [0.1, 0.15) is 49.7 Å². The molecule has 0 aromatic heterocycles. The van der Waals surface area contributed by atoms with E-state index in [-0.39, 0.29) is 0 Å². The van der Waals surface area contributed by atoms with Gasteiger partial charge in [-0.25, -0.2) is 0 Å². The number of fused-ring (bicyclic) bond motifs is 1. The topological polar surface area (TPSA) is 12.0 Å².